The molecule has 0 aliphatic carbocycles. The first kappa shape index (κ1) is 18.9. The monoisotopic (exact) mass is 379 g/mol. The number of nitrogens with zero attached hydrogens (tertiary/aromatic N) is 1. The van der Waals surface area contributed by atoms with E-state index in [-0.39, 0.29) is 5.41 Å². The van der Waals surface area contributed by atoms with E-state index in [1.807, 2.05) is 6.07 Å². The van der Waals surface area contributed by atoms with Gasteiger partial charge in [0.15, 0.2) is 0 Å². The van der Waals surface area contributed by atoms with Gasteiger partial charge in [-0.3, -0.25) is 0 Å². The second-order valence-corrected chi connectivity index (χ2v) is 8.01. The number of thiocarbonyl (C=S) groups is 2. The summed E-state index contributed by atoms with van der Waals surface area (Å²) in [4.78, 5) is 4.00. The van der Waals surface area contributed by atoms with Crippen molar-refractivity contribution in [2.75, 3.05) is 6.54 Å². The Labute approximate surface area is 167 Å². The van der Waals surface area contributed by atoms with Crippen molar-refractivity contribution in [1.82, 2.24) is 4.90 Å². The summed E-state index contributed by atoms with van der Waals surface area (Å²) in [5.41, 5.74) is 3.51. The smallest absolute Gasteiger partial charge is 0.114 e. The highest BCUT2D eigenvalue weighted by Crippen LogP contribution is 2.35. The van der Waals surface area contributed by atoms with Crippen molar-refractivity contribution in [3.05, 3.63) is 77.4 Å². The van der Waals surface area contributed by atoms with E-state index in [2.05, 4.69) is 79.4 Å². The lowest BCUT2D eigenvalue weighted by Gasteiger charge is -2.42. The van der Waals surface area contributed by atoms with E-state index in [0.29, 0.717) is 0 Å². The number of hydrogen-bond acceptors (Lipinski definition) is 2. The van der Waals surface area contributed by atoms with Crippen LogP contribution in [0.2, 0.25) is 0 Å². The van der Waals surface area contributed by atoms with E-state index >= 15 is 0 Å². The second kappa shape index (κ2) is 8.24. The van der Waals surface area contributed by atoms with Crippen LogP contribution < -0.4 is 0 Å². The zero-order valence-electron chi connectivity index (χ0n) is 15.4. The third-order valence-electron chi connectivity index (χ3n) is 4.97. The van der Waals surface area contributed by atoms with Crippen molar-refractivity contribution in [3.63, 3.8) is 0 Å². The lowest BCUT2D eigenvalue weighted by molar-refractivity contribution is 0.517. The molecule has 1 heterocycles. The quantitative estimate of drug-likeness (QED) is 0.437. The molecule has 0 fully saturated rings. The molecule has 2 aromatic carbocycles. The Balaban J connectivity index is 1.58. The van der Waals surface area contributed by atoms with Crippen LogP contribution in [0, 0.1) is 0 Å². The molecule has 0 spiro atoms. The molecule has 3 rings (SSSR count). The van der Waals surface area contributed by atoms with Gasteiger partial charge >= 0.3 is 0 Å². The van der Waals surface area contributed by atoms with E-state index in [1.165, 1.54) is 11.1 Å². The fourth-order valence-electron chi connectivity index (χ4n) is 3.42. The molecule has 0 atom stereocenters. The number of benzene rings is 2. The van der Waals surface area contributed by atoms with Crippen LogP contribution in [0.1, 0.15) is 49.8 Å². The fourth-order valence-corrected chi connectivity index (χ4v) is 4.13. The molecule has 0 saturated carbocycles. The van der Waals surface area contributed by atoms with E-state index in [1.54, 1.807) is 0 Å². The molecule has 1 aliphatic rings. The maximum Gasteiger partial charge on any atom is 0.114 e. The van der Waals surface area contributed by atoms with Crippen LogP contribution in [-0.4, -0.2) is 21.4 Å². The van der Waals surface area contributed by atoms with Gasteiger partial charge < -0.3 is 4.90 Å². The summed E-state index contributed by atoms with van der Waals surface area (Å²) >= 11 is 11.6. The average Bonchev–Trinajstić information content (AvgIpc) is 2.66. The highest BCUT2D eigenvalue weighted by Gasteiger charge is 2.38. The molecular formula is C23H25NS2. The van der Waals surface area contributed by atoms with Gasteiger partial charge in [0.05, 0.1) is 4.99 Å². The molecule has 2 aromatic rings. The van der Waals surface area contributed by atoms with Gasteiger partial charge in [-0.05, 0) is 44.2 Å². The van der Waals surface area contributed by atoms with Gasteiger partial charge in [0, 0.05) is 17.5 Å². The molecule has 0 aromatic heterocycles. The summed E-state index contributed by atoms with van der Waals surface area (Å²) in [5.74, 6) is 0. The van der Waals surface area contributed by atoms with Crippen molar-refractivity contribution < 1.29 is 0 Å². The molecule has 26 heavy (non-hydrogen) atoms. The largest absolute Gasteiger partial charge is 0.326 e. The van der Waals surface area contributed by atoms with Gasteiger partial charge in [0.2, 0.25) is 0 Å². The van der Waals surface area contributed by atoms with E-state index in [9.17, 15) is 0 Å². The Kier molecular flexibility index (Phi) is 6.00. The summed E-state index contributed by atoms with van der Waals surface area (Å²) in [6.07, 6.45) is 7.73. The predicted molar refractivity (Wildman–Crippen MR) is 120 cm³/mol. The Bertz CT molecular complexity index is 821. The molecule has 0 saturated heterocycles. The van der Waals surface area contributed by atoms with Gasteiger partial charge in [-0.25, -0.2) is 0 Å². The maximum atomic E-state index is 5.81. The normalized spacial score (nSPS) is 16.2. The molecule has 0 radical (unpaired) electrons. The van der Waals surface area contributed by atoms with Gasteiger partial charge in [-0.1, -0.05) is 91.2 Å². The number of fused-ring (bicyclic) bond motifs is 1. The van der Waals surface area contributed by atoms with Gasteiger partial charge in [0.1, 0.15) is 4.99 Å². The summed E-state index contributed by atoms with van der Waals surface area (Å²) in [7, 11) is 0. The Morgan fingerprint density at radius 2 is 1.62 bits per heavy atom. The highest BCUT2D eigenvalue weighted by molar-refractivity contribution is 7.82. The van der Waals surface area contributed by atoms with Gasteiger partial charge in [0.25, 0.3) is 0 Å². The molecule has 1 nitrogen and oxygen atoms in total. The molecule has 0 amide bonds. The molecular weight excluding hydrogens is 354 g/mol. The zero-order chi connectivity index (χ0) is 18.6. The average molecular weight is 380 g/mol. The fraction of sp³-hybridized carbons (Fsp3) is 0.304. The summed E-state index contributed by atoms with van der Waals surface area (Å²) in [5, 5.41) is 0. The van der Waals surface area contributed by atoms with Crippen LogP contribution >= 0.6 is 24.4 Å². The first-order chi connectivity index (χ1) is 12.5. The van der Waals surface area contributed by atoms with Gasteiger partial charge in [-0.2, -0.15) is 0 Å². The lowest BCUT2D eigenvalue weighted by Crippen LogP contribution is -2.50. The second-order valence-electron chi connectivity index (χ2n) is 7.24. The first-order valence-corrected chi connectivity index (χ1v) is 10.0. The van der Waals surface area contributed by atoms with Crippen LogP contribution in [0.25, 0.3) is 6.08 Å². The lowest BCUT2D eigenvalue weighted by atomic mass is 9.78. The van der Waals surface area contributed by atoms with E-state index < -0.39 is 0 Å². The molecule has 1 aliphatic heterocycles. The van der Waals surface area contributed by atoms with Crippen LogP contribution in [0.4, 0.5) is 0 Å². The Hall–Kier alpha value is -1.84. The third kappa shape index (κ3) is 3.94. The Morgan fingerprint density at radius 3 is 2.38 bits per heavy atom. The van der Waals surface area contributed by atoms with E-state index in [0.717, 1.165) is 41.3 Å². The minimum atomic E-state index is -0.151. The number of unbranched alkanes of at least 4 members (excludes halogenated alkanes) is 2. The molecule has 0 unspecified atom stereocenters. The summed E-state index contributed by atoms with van der Waals surface area (Å²) in [6, 6.07) is 18.8. The summed E-state index contributed by atoms with van der Waals surface area (Å²) in [6.45, 7) is 5.30. The minimum absolute atomic E-state index is 0.151. The first-order valence-electron chi connectivity index (χ1n) is 9.19. The third-order valence-corrected chi connectivity index (χ3v) is 6.14. The van der Waals surface area contributed by atoms with Crippen molar-refractivity contribution in [1.29, 1.82) is 0 Å². The molecule has 0 N–H and O–H groups in total. The maximum absolute atomic E-state index is 5.81. The van der Waals surface area contributed by atoms with Crippen molar-refractivity contribution in [2.45, 2.75) is 38.5 Å². The number of allylic oxidation sites excluding steroid dienone is 1. The van der Waals surface area contributed by atoms with Crippen molar-refractivity contribution in [3.8, 4) is 0 Å². The van der Waals surface area contributed by atoms with Gasteiger partial charge in [-0.15, -0.1) is 0 Å². The van der Waals surface area contributed by atoms with Crippen molar-refractivity contribution in [2.24, 2.45) is 0 Å². The van der Waals surface area contributed by atoms with E-state index in [4.69, 9.17) is 24.4 Å². The Morgan fingerprint density at radius 1 is 0.923 bits per heavy atom. The molecule has 134 valence electrons. The van der Waals surface area contributed by atoms with Crippen LogP contribution in [-0.2, 0) is 5.41 Å². The van der Waals surface area contributed by atoms with Crippen LogP contribution in [0.5, 0.6) is 0 Å². The molecule has 0 bridgehead atoms. The zero-order valence-corrected chi connectivity index (χ0v) is 17.1. The predicted octanol–water partition coefficient (Wildman–Crippen LogP) is 6.17. The number of hydrogen-bond donors (Lipinski definition) is 0. The minimum Gasteiger partial charge on any atom is -0.326 e. The SMILES string of the molecule is CC1(C)C(=S)N(CCCC/C=C/c2ccccc2)C(=S)c2ccccc21. The molecule has 3 heteroatoms. The standard InChI is InChI=1S/C23H25NS2/c1-23(2)20-16-10-9-15-19(20)21(25)24(22(23)26)17-11-4-3-6-12-18-13-7-5-8-14-18/h5-10,12-16H,3-4,11,17H2,1-2H3/b12-6+. The summed E-state index contributed by atoms with van der Waals surface area (Å²) < 4.78 is 0. The van der Waals surface area contributed by atoms with Crippen LogP contribution in [0.15, 0.2) is 60.7 Å². The highest BCUT2D eigenvalue weighted by atomic mass is 32.1. The van der Waals surface area contributed by atoms with Crippen molar-refractivity contribution >= 4 is 40.5 Å². The van der Waals surface area contributed by atoms with Crippen LogP contribution in [0.3, 0.4) is 0 Å². The topological polar surface area (TPSA) is 3.24 Å². The number of rotatable bonds is 6.